The summed E-state index contributed by atoms with van der Waals surface area (Å²) in [6.07, 6.45) is 3.35. The fourth-order valence-electron chi connectivity index (χ4n) is 3.08. The van der Waals surface area contributed by atoms with Crippen molar-refractivity contribution in [3.8, 4) is 0 Å². The van der Waals surface area contributed by atoms with Crippen LogP contribution in [-0.2, 0) is 16.3 Å². The van der Waals surface area contributed by atoms with Crippen LogP contribution in [0.2, 0.25) is 0 Å². The second kappa shape index (κ2) is 6.63. The maximum Gasteiger partial charge on any atom is 0.179 e. The summed E-state index contributed by atoms with van der Waals surface area (Å²) in [5.41, 5.74) is 2.71. The Kier molecular flexibility index (Phi) is 4.60. The molecule has 0 heterocycles. The molecule has 116 valence electrons. The number of benzene rings is 2. The molecule has 22 heavy (non-hydrogen) atoms. The minimum atomic E-state index is -3.20. The second-order valence-electron chi connectivity index (χ2n) is 5.73. The first kappa shape index (κ1) is 15.3. The highest BCUT2D eigenvalue weighted by Gasteiger charge is 2.20. The molecular weight excluding hydrogens is 294 g/mol. The number of rotatable bonds is 5. The van der Waals surface area contributed by atoms with Crippen molar-refractivity contribution >= 4 is 9.84 Å². The van der Waals surface area contributed by atoms with E-state index >= 15 is 0 Å². The molecule has 0 amide bonds. The van der Waals surface area contributed by atoms with E-state index in [4.69, 9.17) is 0 Å². The number of fused-ring (bicyclic) bond motifs is 1. The molecule has 0 spiro atoms. The van der Waals surface area contributed by atoms with Gasteiger partial charge in [0.25, 0.3) is 0 Å². The summed E-state index contributed by atoms with van der Waals surface area (Å²) in [6.45, 7) is 0.482. The topological polar surface area (TPSA) is 46.2 Å². The lowest BCUT2D eigenvalue weighted by Gasteiger charge is -2.26. The van der Waals surface area contributed by atoms with Crippen molar-refractivity contribution < 1.29 is 8.42 Å². The minimum Gasteiger partial charge on any atom is -0.309 e. The van der Waals surface area contributed by atoms with Crippen LogP contribution in [0.25, 0.3) is 0 Å². The fourth-order valence-corrected chi connectivity index (χ4v) is 4.27. The smallest absolute Gasteiger partial charge is 0.179 e. The third kappa shape index (κ3) is 3.39. The zero-order chi connectivity index (χ0) is 15.4. The van der Waals surface area contributed by atoms with E-state index in [0.717, 1.165) is 19.3 Å². The number of hydrogen-bond acceptors (Lipinski definition) is 3. The largest absolute Gasteiger partial charge is 0.309 e. The van der Waals surface area contributed by atoms with Gasteiger partial charge in [0.05, 0.1) is 10.6 Å². The standard InChI is InChI=1S/C18H21NO2S/c20-22(21,16-9-2-1-3-10-16)14-13-19-18-12-6-8-15-7-4-5-11-17(15)18/h1-5,7,9-11,18-19H,6,8,12-14H2/t18-/m1/s1. The van der Waals surface area contributed by atoms with Crippen LogP contribution in [0.4, 0.5) is 0 Å². The van der Waals surface area contributed by atoms with Crippen LogP contribution in [0.3, 0.4) is 0 Å². The van der Waals surface area contributed by atoms with Gasteiger partial charge >= 0.3 is 0 Å². The maximum atomic E-state index is 12.3. The van der Waals surface area contributed by atoms with Gasteiger partial charge in [0.1, 0.15) is 0 Å². The van der Waals surface area contributed by atoms with E-state index in [-0.39, 0.29) is 11.8 Å². The number of aryl methyl sites for hydroxylation is 1. The fraction of sp³-hybridized carbons (Fsp3) is 0.333. The Morgan fingerprint density at radius 1 is 1.00 bits per heavy atom. The number of nitrogens with one attached hydrogen (secondary N) is 1. The van der Waals surface area contributed by atoms with E-state index in [1.807, 2.05) is 6.07 Å². The van der Waals surface area contributed by atoms with Crippen LogP contribution >= 0.6 is 0 Å². The summed E-state index contributed by atoms with van der Waals surface area (Å²) >= 11 is 0. The van der Waals surface area contributed by atoms with E-state index < -0.39 is 9.84 Å². The molecule has 0 radical (unpaired) electrons. The van der Waals surface area contributed by atoms with Gasteiger partial charge in [-0.2, -0.15) is 0 Å². The zero-order valence-corrected chi connectivity index (χ0v) is 13.4. The average molecular weight is 315 g/mol. The highest BCUT2D eigenvalue weighted by atomic mass is 32.2. The average Bonchev–Trinajstić information content (AvgIpc) is 2.56. The second-order valence-corrected chi connectivity index (χ2v) is 7.84. The molecule has 0 fully saturated rings. The Labute approximate surface area is 132 Å². The lowest BCUT2D eigenvalue weighted by Crippen LogP contribution is -2.29. The highest BCUT2D eigenvalue weighted by molar-refractivity contribution is 7.91. The summed E-state index contributed by atoms with van der Waals surface area (Å²) in [7, 11) is -3.20. The third-order valence-electron chi connectivity index (χ3n) is 4.23. The van der Waals surface area contributed by atoms with E-state index in [1.165, 1.54) is 11.1 Å². The molecule has 1 N–H and O–H groups in total. The monoisotopic (exact) mass is 315 g/mol. The van der Waals surface area contributed by atoms with Crippen LogP contribution < -0.4 is 5.32 Å². The van der Waals surface area contributed by atoms with Gasteiger partial charge in [-0.3, -0.25) is 0 Å². The van der Waals surface area contributed by atoms with Crippen molar-refractivity contribution in [2.45, 2.75) is 30.2 Å². The molecule has 3 rings (SSSR count). The zero-order valence-electron chi connectivity index (χ0n) is 12.5. The lowest BCUT2D eigenvalue weighted by atomic mass is 9.88. The molecule has 3 nitrogen and oxygen atoms in total. The quantitative estimate of drug-likeness (QED) is 0.922. The molecule has 2 aromatic carbocycles. The Bertz CT molecular complexity index is 726. The van der Waals surface area contributed by atoms with Crippen LogP contribution in [0, 0.1) is 0 Å². The predicted molar refractivity (Wildman–Crippen MR) is 88.6 cm³/mol. The molecule has 1 atom stereocenters. The van der Waals surface area contributed by atoms with E-state index in [9.17, 15) is 8.42 Å². The first-order valence-corrected chi connectivity index (χ1v) is 9.41. The van der Waals surface area contributed by atoms with Gasteiger partial charge in [0.15, 0.2) is 9.84 Å². The molecule has 1 aliphatic carbocycles. The van der Waals surface area contributed by atoms with Crippen molar-refractivity contribution in [2.24, 2.45) is 0 Å². The lowest BCUT2D eigenvalue weighted by molar-refractivity contribution is 0.470. The van der Waals surface area contributed by atoms with E-state index in [0.29, 0.717) is 11.4 Å². The normalized spacial score (nSPS) is 17.9. The number of hydrogen-bond donors (Lipinski definition) is 1. The Morgan fingerprint density at radius 2 is 1.73 bits per heavy atom. The summed E-state index contributed by atoms with van der Waals surface area (Å²) in [5, 5.41) is 3.42. The van der Waals surface area contributed by atoms with Crippen molar-refractivity contribution in [1.29, 1.82) is 0 Å². The minimum absolute atomic E-state index is 0.135. The first-order chi connectivity index (χ1) is 10.7. The Hall–Kier alpha value is -1.65. The molecule has 0 aliphatic heterocycles. The molecule has 0 aromatic heterocycles. The molecule has 0 unspecified atom stereocenters. The van der Waals surface area contributed by atoms with Crippen LogP contribution in [0.15, 0.2) is 59.5 Å². The van der Waals surface area contributed by atoms with Crippen molar-refractivity contribution in [1.82, 2.24) is 5.32 Å². The van der Waals surface area contributed by atoms with Crippen LogP contribution in [0.5, 0.6) is 0 Å². The van der Waals surface area contributed by atoms with Crippen molar-refractivity contribution in [3.05, 3.63) is 65.7 Å². The van der Waals surface area contributed by atoms with E-state index in [2.05, 4.69) is 29.6 Å². The van der Waals surface area contributed by atoms with Gasteiger partial charge in [-0.15, -0.1) is 0 Å². The van der Waals surface area contributed by atoms with Crippen molar-refractivity contribution in [3.63, 3.8) is 0 Å². The van der Waals surface area contributed by atoms with Gasteiger partial charge in [0.2, 0.25) is 0 Å². The third-order valence-corrected chi connectivity index (χ3v) is 5.97. The molecule has 2 aromatic rings. The molecule has 4 heteroatoms. The summed E-state index contributed by atoms with van der Waals surface area (Å²) in [6, 6.07) is 17.4. The Morgan fingerprint density at radius 3 is 2.55 bits per heavy atom. The molecule has 0 bridgehead atoms. The summed E-state index contributed by atoms with van der Waals surface area (Å²) in [5.74, 6) is 0.135. The van der Waals surface area contributed by atoms with Crippen LogP contribution in [0.1, 0.15) is 30.0 Å². The molecule has 0 saturated carbocycles. The van der Waals surface area contributed by atoms with Crippen LogP contribution in [-0.4, -0.2) is 20.7 Å². The number of sulfone groups is 1. The van der Waals surface area contributed by atoms with E-state index in [1.54, 1.807) is 24.3 Å². The van der Waals surface area contributed by atoms with Gasteiger partial charge < -0.3 is 5.32 Å². The molecule has 0 saturated heterocycles. The van der Waals surface area contributed by atoms with Gasteiger partial charge in [-0.05, 0) is 42.5 Å². The van der Waals surface area contributed by atoms with Crippen molar-refractivity contribution in [2.75, 3.05) is 12.3 Å². The Balaban J connectivity index is 1.63. The van der Waals surface area contributed by atoms with Gasteiger partial charge in [-0.25, -0.2) is 8.42 Å². The molecule has 1 aliphatic rings. The molecular formula is C18H21NO2S. The maximum absolute atomic E-state index is 12.3. The highest BCUT2D eigenvalue weighted by Crippen LogP contribution is 2.29. The van der Waals surface area contributed by atoms with Gasteiger partial charge in [0, 0.05) is 12.6 Å². The first-order valence-electron chi connectivity index (χ1n) is 7.76. The summed E-state index contributed by atoms with van der Waals surface area (Å²) in [4.78, 5) is 0.404. The summed E-state index contributed by atoms with van der Waals surface area (Å²) < 4.78 is 24.6. The van der Waals surface area contributed by atoms with Gasteiger partial charge in [-0.1, -0.05) is 42.5 Å². The predicted octanol–water partition coefficient (Wildman–Crippen LogP) is 3.13. The SMILES string of the molecule is O=S(=O)(CCN[C@@H]1CCCc2ccccc21)c1ccccc1.